The number of sulfone groups is 1. The van der Waals surface area contributed by atoms with Crippen molar-refractivity contribution < 1.29 is 27.2 Å². The highest BCUT2D eigenvalue weighted by Gasteiger charge is 2.31. The van der Waals surface area contributed by atoms with E-state index in [1.54, 1.807) is 30.5 Å². The first-order valence-electron chi connectivity index (χ1n) is 11.7. The van der Waals surface area contributed by atoms with Crippen LogP contribution in [0, 0.1) is 32.1 Å². The van der Waals surface area contributed by atoms with Crippen LogP contribution in [0.3, 0.4) is 0 Å². The number of nitrogens with one attached hydrogen (secondary N) is 1. The predicted octanol–water partition coefficient (Wildman–Crippen LogP) is 3.33. The van der Waals surface area contributed by atoms with E-state index in [-0.39, 0.29) is 22.7 Å². The fourth-order valence-corrected chi connectivity index (χ4v) is 6.39. The van der Waals surface area contributed by atoms with Crippen LogP contribution in [-0.2, 0) is 30.7 Å². The number of aryl methyl sites for hydroxylation is 1. The first kappa shape index (κ1) is 27.2. The van der Waals surface area contributed by atoms with Crippen molar-refractivity contribution in [1.82, 2.24) is 14.3 Å². The molecule has 0 saturated carbocycles. The third kappa shape index (κ3) is 5.69. The van der Waals surface area contributed by atoms with Gasteiger partial charge in [-0.15, -0.1) is 0 Å². The van der Waals surface area contributed by atoms with E-state index in [1.807, 2.05) is 6.92 Å². The normalized spacial score (nSPS) is 16.6. The van der Waals surface area contributed by atoms with Gasteiger partial charge in [0.25, 0.3) is 5.91 Å². The monoisotopic (exact) mass is 559 g/mol. The van der Waals surface area contributed by atoms with Gasteiger partial charge < -0.3 is 19.0 Å². The second kappa shape index (κ2) is 10.9. The Labute approximate surface area is 224 Å². The minimum atomic E-state index is -3.12. The van der Waals surface area contributed by atoms with Gasteiger partial charge in [-0.2, -0.15) is 10.4 Å². The molecule has 0 bridgehead atoms. The molecule has 13 heteroatoms. The molecule has 1 atom stereocenters. The van der Waals surface area contributed by atoms with Crippen molar-refractivity contribution in [2.24, 2.45) is 0 Å². The lowest BCUT2D eigenvalue weighted by Gasteiger charge is -2.12. The van der Waals surface area contributed by atoms with Crippen LogP contribution >= 0.6 is 11.6 Å². The summed E-state index contributed by atoms with van der Waals surface area (Å²) in [5, 5.41) is 16.9. The van der Waals surface area contributed by atoms with Crippen molar-refractivity contribution in [3.05, 3.63) is 63.5 Å². The van der Waals surface area contributed by atoms with Crippen molar-refractivity contribution in [2.45, 2.75) is 39.8 Å². The number of carbonyl (C=O) groups is 2. The van der Waals surface area contributed by atoms with Crippen molar-refractivity contribution in [2.75, 3.05) is 23.4 Å². The highest BCUT2D eigenvalue weighted by atomic mass is 35.5. The summed E-state index contributed by atoms with van der Waals surface area (Å²) in [7, 11) is -3.12. The maximum atomic E-state index is 12.6. The van der Waals surface area contributed by atoms with Gasteiger partial charge in [0.15, 0.2) is 16.4 Å². The minimum Gasteiger partial charge on any atom is -0.467 e. The summed E-state index contributed by atoms with van der Waals surface area (Å²) in [4.78, 5) is 24.9. The molecule has 0 aromatic carbocycles. The van der Waals surface area contributed by atoms with E-state index in [1.165, 1.54) is 17.0 Å². The first-order valence-corrected chi connectivity index (χ1v) is 13.9. The number of nitriles is 1. The molecule has 1 aliphatic rings. The average molecular weight is 560 g/mol. The van der Waals surface area contributed by atoms with Crippen LogP contribution in [0.4, 0.5) is 5.82 Å². The molecule has 0 radical (unpaired) electrons. The summed E-state index contributed by atoms with van der Waals surface area (Å²) in [5.74, 6) is -0.428. The second-order valence-electron chi connectivity index (χ2n) is 8.99. The standard InChI is InChI=1S/C25H26ClN5O6S/c1-15-17(3)30(12-19-5-4-9-36-19)25(21(15)11-27)28-22(32)13-37-23(33)7-6-20-16(2)29-31(24(20)26)18-8-10-38(34,35)14-18/h4-7,9,18H,8,10,12-14H2,1-3H3,(H,28,32). The fourth-order valence-electron chi connectivity index (χ4n) is 4.32. The summed E-state index contributed by atoms with van der Waals surface area (Å²) in [6.45, 7) is 5.04. The topological polar surface area (TPSA) is 149 Å². The predicted molar refractivity (Wildman–Crippen MR) is 139 cm³/mol. The minimum absolute atomic E-state index is 0.0361. The zero-order valence-corrected chi connectivity index (χ0v) is 22.6. The Bertz CT molecular complexity index is 1560. The number of hydrogen-bond donors (Lipinski definition) is 1. The van der Waals surface area contributed by atoms with Gasteiger partial charge in [0.1, 0.15) is 22.8 Å². The molecule has 1 aliphatic heterocycles. The Morgan fingerprint density at radius 2 is 2.13 bits per heavy atom. The molecule has 38 heavy (non-hydrogen) atoms. The summed E-state index contributed by atoms with van der Waals surface area (Å²) in [5.41, 5.74) is 2.80. The maximum absolute atomic E-state index is 12.6. The Balaban J connectivity index is 1.40. The Morgan fingerprint density at radius 1 is 1.37 bits per heavy atom. The number of ether oxygens (including phenoxy) is 1. The number of esters is 1. The number of carbonyl (C=O) groups excluding carboxylic acids is 2. The number of halogens is 1. The fraction of sp³-hybridized carbons (Fsp3) is 0.360. The van der Waals surface area contributed by atoms with Gasteiger partial charge in [-0.05, 0) is 51.0 Å². The number of furan rings is 1. The number of nitrogens with zero attached hydrogens (tertiary/aromatic N) is 4. The van der Waals surface area contributed by atoms with Crippen LogP contribution in [-0.4, -0.2) is 52.8 Å². The molecular formula is C25H26ClN5O6S. The highest BCUT2D eigenvalue weighted by Crippen LogP contribution is 2.31. The SMILES string of the molecule is Cc1nn(C2CCS(=O)(=O)C2)c(Cl)c1C=CC(=O)OCC(=O)Nc1c(C#N)c(C)c(C)n1Cc1ccco1. The zero-order valence-electron chi connectivity index (χ0n) is 21.0. The lowest BCUT2D eigenvalue weighted by molar-refractivity contribution is -0.142. The van der Waals surface area contributed by atoms with Gasteiger partial charge in [0.2, 0.25) is 0 Å². The van der Waals surface area contributed by atoms with Gasteiger partial charge in [-0.25, -0.2) is 17.9 Å². The Hall–Kier alpha value is -3.82. The maximum Gasteiger partial charge on any atom is 0.331 e. The van der Waals surface area contributed by atoms with Gasteiger partial charge in [-0.3, -0.25) is 4.79 Å². The summed E-state index contributed by atoms with van der Waals surface area (Å²) in [6, 6.07) is 5.28. The summed E-state index contributed by atoms with van der Waals surface area (Å²) < 4.78 is 37.3. The molecule has 11 nitrogen and oxygen atoms in total. The number of amides is 1. The molecule has 3 aromatic heterocycles. The molecule has 1 fully saturated rings. The van der Waals surface area contributed by atoms with E-state index in [2.05, 4.69) is 16.5 Å². The number of rotatable bonds is 8. The number of hydrogen-bond acceptors (Lipinski definition) is 8. The van der Waals surface area contributed by atoms with Crippen LogP contribution in [0.15, 0.2) is 28.9 Å². The second-order valence-corrected chi connectivity index (χ2v) is 11.6. The molecule has 1 N–H and O–H groups in total. The molecule has 3 aromatic rings. The van der Waals surface area contributed by atoms with E-state index in [0.29, 0.717) is 41.4 Å². The lowest BCUT2D eigenvalue weighted by Crippen LogP contribution is -2.22. The van der Waals surface area contributed by atoms with Crippen LogP contribution in [0.2, 0.25) is 5.15 Å². The molecule has 0 aliphatic carbocycles. The number of aromatic nitrogens is 3. The molecule has 4 rings (SSSR count). The van der Waals surface area contributed by atoms with Crippen LogP contribution in [0.25, 0.3) is 6.08 Å². The van der Waals surface area contributed by atoms with E-state index < -0.39 is 28.3 Å². The molecule has 1 amide bonds. The number of anilines is 1. The average Bonchev–Trinajstić information content (AvgIpc) is 3.62. The lowest BCUT2D eigenvalue weighted by atomic mass is 10.2. The first-order chi connectivity index (χ1) is 18.0. The molecule has 200 valence electrons. The molecule has 0 spiro atoms. The van der Waals surface area contributed by atoms with Crippen LogP contribution in [0.1, 0.15) is 46.3 Å². The molecule has 1 saturated heterocycles. The van der Waals surface area contributed by atoms with Gasteiger partial charge in [0.05, 0.1) is 41.6 Å². The third-order valence-electron chi connectivity index (χ3n) is 6.45. The molecule has 1 unspecified atom stereocenters. The van der Waals surface area contributed by atoms with E-state index in [0.717, 1.165) is 17.3 Å². The molecular weight excluding hydrogens is 534 g/mol. The highest BCUT2D eigenvalue weighted by molar-refractivity contribution is 7.91. The van der Waals surface area contributed by atoms with Crippen molar-refractivity contribution in [3.8, 4) is 6.07 Å². The van der Waals surface area contributed by atoms with Crippen LogP contribution < -0.4 is 5.32 Å². The van der Waals surface area contributed by atoms with Crippen LogP contribution in [0.5, 0.6) is 0 Å². The largest absolute Gasteiger partial charge is 0.467 e. The van der Waals surface area contributed by atoms with E-state index in [9.17, 15) is 23.3 Å². The van der Waals surface area contributed by atoms with Crippen molar-refractivity contribution in [1.29, 1.82) is 5.26 Å². The summed E-state index contributed by atoms with van der Waals surface area (Å²) in [6.07, 6.45) is 4.49. The van der Waals surface area contributed by atoms with Gasteiger partial charge in [0, 0.05) is 17.3 Å². The van der Waals surface area contributed by atoms with Gasteiger partial charge in [-0.1, -0.05) is 11.6 Å². The van der Waals surface area contributed by atoms with Gasteiger partial charge >= 0.3 is 5.97 Å². The Morgan fingerprint density at radius 3 is 2.76 bits per heavy atom. The zero-order chi connectivity index (χ0) is 27.6. The van der Waals surface area contributed by atoms with Crippen molar-refractivity contribution in [3.63, 3.8) is 0 Å². The molecule has 4 heterocycles. The smallest absolute Gasteiger partial charge is 0.331 e. The quantitative estimate of drug-likeness (QED) is 0.326. The Kier molecular flexibility index (Phi) is 7.80. The van der Waals surface area contributed by atoms with E-state index in [4.69, 9.17) is 20.8 Å². The van der Waals surface area contributed by atoms with E-state index >= 15 is 0 Å². The van der Waals surface area contributed by atoms with Crippen molar-refractivity contribution >= 4 is 45.2 Å². The third-order valence-corrected chi connectivity index (χ3v) is 8.58. The summed E-state index contributed by atoms with van der Waals surface area (Å²) >= 11 is 6.42.